The Labute approximate surface area is 165 Å². The van der Waals surface area contributed by atoms with Crippen molar-refractivity contribution < 1.29 is 9.53 Å². The zero-order valence-electron chi connectivity index (χ0n) is 15.5. The molecular formula is C18H19ClN6O3. The molecule has 0 radical (unpaired) electrons. The molecule has 1 aromatic heterocycles. The van der Waals surface area contributed by atoms with Crippen molar-refractivity contribution in [3.63, 3.8) is 0 Å². The van der Waals surface area contributed by atoms with Gasteiger partial charge in [0.15, 0.2) is 11.6 Å². The number of rotatable bonds is 4. The predicted octanol–water partition coefficient (Wildman–Crippen LogP) is 2.96. The third-order valence-corrected chi connectivity index (χ3v) is 4.34. The molecule has 2 heterocycles. The van der Waals surface area contributed by atoms with Crippen molar-refractivity contribution in [3.05, 3.63) is 57.0 Å². The molecule has 0 saturated carbocycles. The van der Waals surface area contributed by atoms with Crippen LogP contribution in [-0.4, -0.2) is 22.1 Å². The Morgan fingerprint density at radius 2 is 2.00 bits per heavy atom. The summed E-state index contributed by atoms with van der Waals surface area (Å²) < 4.78 is 5.79. The van der Waals surface area contributed by atoms with Crippen LogP contribution >= 0.6 is 11.6 Å². The second kappa shape index (κ2) is 7.35. The summed E-state index contributed by atoms with van der Waals surface area (Å²) in [5.41, 5.74) is 7.27. The number of urea groups is 1. The Morgan fingerprint density at radius 1 is 1.29 bits per heavy atom. The van der Waals surface area contributed by atoms with E-state index >= 15 is 0 Å². The topological polar surface area (TPSA) is 126 Å². The number of aromatic amines is 1. The van der Waals surface area contributed by atoms with Crippen molar-refractivity contribution in [2.45, 2.75) is 26.7 Å². The van der Waals surface area contributed by atoms with Gasteiger partial charge in [-0.3, -0.25) is 4.79 Å². The molecule has 0 spiro atoms. The van der Waals surface area contributed by atoms with Crippen LogP contribution in [0.25, 0.3) is 0 Å². The first-order valence-corrected chi connectivity index (χ1v) is 8.77. The van der Waals surface area contributed by atoms with Crippen molar-refractivity contribution in [1.82, 2.24) is 15.5 Å². The minimum atomic E-state index is -0.507. The number of aryl methyl sites for hydroxylation is 1. The zero-order valence-corrected chi connectivity index (χ0v) is 16.3. The quantitative estimate of drug-likeness (QED) is 0.724. The summed E-state index contributed by atoms with van der Waals surface area (Å²) in [6.45, 7) is 9.15. The molecule has 0 fully saturated rings. The van der Waals surface area contributed by atoms with Gasteiger partial charge in [-0.15, -0.1) is 10.2 Å². The molecule has 0 bridgehead atoms. The molecule has 2 aromatic rings. The van der Waals surface area contributed by atoms with Gasteiger partial charge in [0.1, 0.15) is 0 Å². The number of benzene rings is 1. The summed E-state index contributed by atoms with van der Waals surface area (Å²) in [4.78, 5) is 24.0. The van der Waals surface area contributed by atoms with Crippen LogP contribution in [0.15, 0.2) is 40.4 Å². The number of hydrogen-bond acceptors (Lipinski definition) is 6. The van der Waals surface area contributed by atoms with Gasteiger partial charge in [-0.2, -0.15) is 5.01 Å². The summed E-state index contributed by atoms with van der Waals surface area (Å²) in [5, 5.41) is 14.2. The van der Waals surface area contributed by atoms with Crippen molar-refractivity contribution in [2.24, 2.45) is 10.8 Å². The van der Waals surface area contributed by atoms with E-state index in [0.29, 0.717) is 22.6 Å². The molecule has 10 heteroatoms. The van der Waals surface area contributed by atoms with Crippen molar-refractivity contribution in [2.75, 3.05) is 5.01 Å². The summed E-state index contributed by atoms with van der Waals surface area (Å²) in [6, 6.07) is 4.25. The molecule has 0 saturated heterocycles. The summed E-state index contributed by atoms with van der Waals surface area (Å²) in [5.74, 6) is 0.643. The van der Waals surface area contributed by atoms with Crippen LogP contribution in [0.4, 0.5) is 10.5 Å². The summed E-state index contributed by atoms with van der Waals surface area (Å²) in [7, 11) is 0. The van der Waals surface area contributed by atoms with E-state index in [1.54, 1.807) is 19.1 Å². The van der Waals surface area contributed by atoms with Gasteiger partial charge < -0.3 is 15.8 Å². The molecule has 146 valence electrons. The van der Waals surface area contributed by atoms with E-state index in [9.17, 15) is 9.59 Å². The predicted molar refractivity (Wildman–Crippen MR) is 107 cm³/mol. The SMILES string of the molecule is C=C1NC(=O)N(c2cc(C)c(Oc3cc(C(C)C)c(=O)[nH]n3)c(Cl)c2)N=C1N. The Kier molecular flexibility index (Phi) is 5.10. The lowest BCUT2D eigenvalue weighted by atomic mass is 10.1. The lowest BCUT2D eigenvalue weighted by molar-refractivity contribution is 0.248. The minimum absolute atomic E-state index is 0.00345. The lowest BCUT2D eigenvalue weighted by Crippen LogP contribution is -2.45. The number of nitrogens with zero attached hydrogens (tertiary/aromatic N) is 3. The molecule has 0 unspecified atom stereocenters. The largest absolute Gasteiger partial charge is 0.436 e. The van der Waals surface area contributed by atoms with Crippen LogP contribution in [-0.2, 0) is 0 Å². The monoisotopic (exact) mass is 402 g/mol. The highest BCUT2D eigenvalue weighted by Gasteiger charge is 2.24. The van der Waals surface area contributed by atoms with Gasteiger partial charge in [0.25, 0.3) is 5.56 Å². The van der Waals surface area contributed by atoms with Gasteiger partial charge in [0, 0.05) is 11.6 Å². The highest BCUT2D eigenvalue weighted by Crippen LogP contribution is 2.36. The van der Waals surface area contributed by atoms with Crippen LogP contribution in [0.3, 0.4) is 0 Å². The first-order valence-electron chi connectivity index (χ1n) is 8.39. The number of amides is 2. The van der Waals surface area contributed by atoms with Crippen LogP contribution in [0.1, 0.15) is 30.9 Å². The standard InChI is InChI=1S/C18H19ClN6O3/c1-8(2)12-7-14(22-23-17(12)26)28-15-9(3)5-11(6-13(15)19)25-18(27)21-10(4)16(20)24-25/h5-8H,4H2,1-3H3,(H2,20,24)(H,21,27)(H,23,26). The number of amidine groups is 1. The van der Waals surface area contributed by atoms with E-state index in [0.717, 1.165) is 5.01 Å². The smallest absolute Gasteiger partial charge is 0.347 e. The van der Waals surface area contributed by atoms with Gasteiger partial charge in [-0.25, -0.2) is 9.89 Å². The lowest BCUT2D eigenvalue weighted by Gasteiger charge is -2.24. The van der Waals surface area contributed by atoms with E-state index < -0.39 is 6.03 Å². The number of carbonyl (C=O) groups is 1. The fraction of sp³-hybridized carbons (Fsp3) is 0.222. The number of ether oxygens (including phenoxy) is 1. The molecule has 3 rings (SSSR count). The molecule has 1 aliphatic rings. The molecule has 0 atom stereocenters. The normalized spacial score (nSPS) is 14.2. The Bertz CT molecular complexity index is 1040. The van der Waals surface area contributed by atoms with Crippen LogP contribution < -0.4 is 26.4 Å². The van der Waals surface area contributed by atoms with Gasteiger partial charge in [0.05, 0.1) is 16.4 Å². The number of H-pyrrole nitrogens is 1. The molecule has 1 aliphatic heterocycles. The zero-order chi connectivity index (χ0) is 20.6. The van der Waals surface area contributed by atoms with E-state index in [4.69, 9.17) is 22.1 Å². The average Bonchev–Trinajstić information content (AvgIpc) is 2.62. The van der Waals surface area contributed by atoms with E-state index in [2.05, 4.69) is 27.2 Å². The maximum absolute atomic E-state index is 12.2. The molecule has 28 heavy (non-hydrogen) atoms. The van der Waals surface area contributed by atoms with Gasteiger partial charge in [-0.1, -0.05) is 32.0 Å². The molecule has 1 aromatic carbocycles. The van der Waals surface area contributed by atoms with Crippen molar-refractivity contribution in [1.29, 1.82) is 0 Å². The number of hydrazone groups is 1. The maximum atomic E-state index is 12.2. The third-order valence-electron chi connectivity index (χ3n) is 4.06. The summed E-state index contributed by atoms with van der Waals surface area (Å²) >= 11 is 6.37. The van der Waals surface area contributed by atoms with Crippen molar-refractivity contribution >= 4 is 29.2 Å². The fourth-order valence-electron chi connectivity index (χ4n) is 2.59. The van der Waals surface area contributed by atoms with Crippen LogP contribution in [0.5, 0.6) is 11.6 Å². The highest BCUT2D eigenvalue weighted by atomic mass is 35.5. The highest BCUT2D eigenvalue weighted by molar-refractivity contribution is 6.32. The Balaban J connectivity index is 1.95. The van der Waals surface area contributed by atoms with Crippen LogP contribution in [0.2, 0.25) is 5.02 Å². The Hall–Kier alpha value is -3.33. The Morgan fingerprint density at radius 3 is 2.64 bits per heavy atom. The van der Waals surface area contributed by atoms with Gasteiger partial charge >= 0.3 is 6.03 Å². The number of aromatic nitrogens is 2. The second-order valence-corrected chi connectivity index (χ2v) is 6.93. The first kappa shape index (κ1) is 19.4. The number of anilines is 1. The van der Waals surface area contributed by atoms with E-state index in [1.807, 2.05) is 13.8 Å². The number of hydrogen-bond donors (Lipinski definition) is 3. The molecule has 2 amide bonds. The summed E-state index contributed by atoms with van der Waals surface area (Å²) in [6.07, 6.45) is 0. The second-order valence-electron chi connectivity index (χ2n) is 6.53. The third kappa shape index (κ3) is 3.70. The number of carbonyl (C=O) groups excluding carboxylic acids is 1. The number of nitrogens with two attached hydrogens (primary N) is 1. The molecule has 9 nitrogen and oxygen atoms in total. The number of nitrogens with one attached hydrogen (secondary N) is 2. The molecular weight excluding hydrogens is 384 g/mol. The number of halogens is 1. The average molecular weight is 403 g/mol. The molecule has 4 N–H and O–H groups in total. The minimum Gasteiger partial charge on any atom is -0.436 e. The maximum Gasteiger partial charge on any atom is 0.347 e. The fourth-order valence-corrected chi connectivity index (χ4v) is 2.89. The van der Waals surface area contributed by atoms with E-state index in [1.165, 1.54) is 6.07 Å². The van der Waals surface area contributed by atoms with Gasteiger partial charge in [0.2, 0.25) is 5.88 Å². The van der Waals surface area contributed by atoms with Crippen LogP contribution in [0, 0.1) is 6.92 Å². The van der Waals surface area contributed by atoms with E-state index in [-0.39, 0.29) is 33.9 Å². The molecule has 0 aliphatic carbocycles. The first-order chi connectivity index (χ1) is 13.2. The van der Waals surface area contributed by atoms with Crippen molar-refractivity contribution in [3.8, 4) is 11.6 Å². The van der Waals surface area contributed by atoms with Gasteiger partial charge in [-0.05, 0) is 30.5 Å².